The topological polar surface area (TPSA) is 78.9 Å². The number of aromatic amines is 1. The molecule has 3 rings (SSSR count). The second-order valence-corrected chi connectivity index (χ2v) is 5.32. The molecule has 1 saturated carbocycles. The van der Waals surface area contributed by atoms with Crippen molar-refractivity contribution in [1.82, 2.24) is 15.0 Å². The summed E-state index contributed by atoms with van der Waals surface area (Å²) in [5.41, 5.74) is 1.89. The summed E-state index contributed by atoms with van der Waals surface area (Å²) in [6.45, 7) is 1.92. The van der Waals surface area contributed by atoms with Gasteiger partial charge in [-0.25, -0.2) is 0 Å². The van der Waals surface area contributed by atoms with Gasteiger partial charge in [-0.1, -0.05) is 12.8 Å². The molecule has 0 bridgehead atoms. The van der Waals surface area contributed by atoms with E-state index >= 15 is 0 Å². The Balaban J connectivity index is 2.08. The Morgan fingerprint density at radius 2 is 2.10 bits per heavy atom. The van der Waals surface area contributed by atoms with Crippen LogP contribution in [0, 0.1) is 6.92 Å². The fourth-order valence-electron chi connectivity index (χ4n) is 2.89. The molecule has 1 aliphatic rings. The molecule has 5 nitrogen and oxygen atoms in total. The van der Waals surface area contributed by atoms with Gasteiger partial charge in [0.1, 0.15) is 5.82 Å². The van der Waals surface area contributed by atoms with E-state index < -0.39 is 0 Å². The van der Waals surface area contributed by atoms with E-state index in [0.29, 0.717) is 11.4 Å². The smallest absolute Gasteiger partial charge is 0.258 e. The Labute approximate surface area is 116 Å². The largest absolute Gasteiger partial charge is 0.493 e. The fraction of sp³-hybridized carbons (Fsp3) is 0.400. The van der Waals surface area contributed by atoms with E-state index in [-0.39, 0.29) is 17.4 Å². The monoisotopic (exact) mass is 271 g/mol. The highest BCUT2D eigenvalue weighted by molar-refractivity contribution is 5.58. The van der Waals surface area contributed by atoms with Gasteiger partial charge in [-0.15, -0.1) is 0 Å². The Bertz CT molecular complexity index is 688. The van der Waals surface area contributed by atoms with Crippen molar-refractivity contribution in [2.75, 3.05) is 0 Å². The molecule has 0 saturated heterocycles. The molecule has 0 radical (unpaired) electrons. The normalized spacial score (nSPS) is 15.7. The third-order valence-corrected chi connectivity index (χ3v) is 3.99. The van der Waals surface area contributed by atoms with Crippen molar-refractivity contribution in [2.24, 2.45) is 0 Å². The number of aryl methyl sites for hydroxylation is 1. The molecule has 2 aromatic heterocycles. The lowest BCUT2D eigenvalue weighted by atomic mass is 10.00. The lowest BCUT2D eigenvalue weighted by Gasteiger charge is -2.11. The van der Waals surface area contributed by atoms with E-state index in [9.17, 15) is 9.90 Å². The second-order valence-electron chi connectivity index (χ2n) is 5.32. The molecule has 0 aliphatic heterocycles. The van der Waals surface area contributed by atoms with Crippen LogP contribution in [0.25, 0.3) is 11.4 Å². The molecule has 5 heteroatoms. The van der Waals surface area contributed by atoms with Crippen LogP contribution in [0.2, 0.25) is 0 Å². The van der Waals surface area contributed by atoms with Gasteiger partial charge in [0.15, 0.2) is 0 Å². The van der Waals surface area contributed by atoms with Crippen LogP contribution in [-0.2, 0) is 0 Å². The lowest BCUT2D eigenvalue weighted by molar-refractivity contribution is 0.436. The van der Waals surface area contributed by atoms with Gasteiger partial charge < -0.3 is 10.1 Å². The Morgan fingerprint density at radius 3 is 2.75 bits per heavy atom. The summed E-state index contributed by atoms with van der Waals surface area (Å²) in [5.74, 6) is 0.369. The number of aromatic hydroxyl groups is 1. The minimum atomic E-state index is -0.234. The van der Waals surface area contributed by atoms with Crippen LogP contribution < -0.4 is 5.56 Å². The quantitative estimate of drug-likeness (QED) is 0.879. The van der Waals surface area contributed by atoms with E-state index in [1.807, 2.05) is 13.0 Å². The summed E-state index contributed by atoms with van der Waals surface area (Å²) in [6, 6.07) is 1.84. The molecule has 0 atom stereocenters. The van der Waals surface area contributed by atoms with Gasteiger partial charge in [-0.2, -0.15) is 4.98 Å². The average Bonchev–Trinajstić information content (AvgIpc) is 2.92. The molecule has 2 N–H and O–H groups in total. The summed E-state index contributed by atoms with van der Waals surface area (Å²) >= 11 is 0. The fourth-order valence-corrected chi connectivity index (χ4v) is 2.89. The number of H-pyrrole nitrogens is 1. The molecule has 0 unspecified atom stereocenters. The Kier molecular flexibility index (Phi) is 3.26. The van der Waals surface area contributed by atoms with Crippen molar-refractivity contribution in [1.29, 1.82) is 0 Å². The maximum Gasteiger partial charge on any atom is 0.258 e. The third kappa shape index (κ3) is 2.19. The van der Waals surface area contributed by atoms with Crippen LogP contribution in [0.3, 0.4) is 0 Å². The molecule has 1 aliphatic carbocycles. The first-order valence-corrected chi connectivity index (χ1v) is 6.91. The van der Waals surface area contributed by atoms with Gasteiger partial charge >= 0.3 is 0 Å². The zero-order valence-electron chi connectivity index (χ0n) is 11.4. The van der Waals surface area contributed by atoms with Crippen molar-refractivity contribution < 1.29 is 5.11 Å². The summed E-state index contributed by atoms with van der Waals surface area (Å²) in [6.07, 6.45) is 7.43. The van der Waals surface area contributed by atoms with Gasteiger partial charge in [0, 0.05) is 18.0 Å². The molecular formula is C15H17N3O2. The van der Waals surface area contributed by atoms with E-state index in [4.69, 9.17) is 0 Å². The van der Waals surface area contributed by atoms with Gasteiger partial charge in [-0.3, -0.25) is 9.78 Å². The predicted octanol–water partition coefficient (Wildman–Crippen LogP) is 2.50. The molecule has 0 spiro atoms. The van der Waals surface area contributed by atoms with Crippen molar-refractivity contribution >= 4 is 0 Å². The van der Waals surface area contributed by atoms with Crippen LogP contribution in [0.15, 0.2) is 23.3 Å². The van der Waals surface area contributed by atoms with Crippen molar-refractivity contribution in [3.63, 3.8) is 0 Å². The standard InChI is InChI=1S/C15H17N3O2/c1-9-6-7-16-8-11(9)13-17-14(19)12(15(20)18-13)10-4-2-3-5-10/h6-8,10H,2-5H2,1H3,(H2,17,18,19,20). The van der Waals surface area contributed by atoms with Crippen LogP contribution >= 0.6 is 0 Å². The number of aromatic nitrogens is 3. The highest BCUT2D eigenvalue weighted by atomic mass is 16.3. The maximum absolute atomic E-state index is 12.3. The zero-order chi connectivity index (χ0) is 14.1. The van der Waals surface area contributed by atoms with Crippen LogP contribution in [0.4, 0.5) is 0 Å². The van der Waals surface area contributed by atoms with Gasteiger partial charge in [0.2, 0.25) is 5.88 Å². The van der Waals surface area contributed by atoms with Crippen LogP contribution in [0.1, 0.15) is 42.7 Å². The van der Waals surface area contributed by atoms with Gasteiger partial charge in [0.25, 0.3) is 5.56 Å². The van der Waals surface area contributed by atoms with Crippen molar-refractivity contribution in [3.05, 3.63) is 39.9 Å². The SMILES string of the molecule is Cc1ccncc1-c1nc(O)c(C2CCCC2)c(=O)[nH]1. The highest BCUT2D eigenvalue weighted by Crippen LogP contribution is 2.36. The van der Waals surface area contributed by atoms with Crippen molar-refractivity contribution in [2.45, 2.75) is 38.5 Å². The molecule has 20 heavy (non-hydrogen) atoms. The molecule has 0 amide bonds. The number of nitrogens with zero attached hydrogens (tertiary/aromatic N) is 2. The number of pyridine rings is 1. The molecule has 2 heterocycles. The minimum Gasteiger partial charge on any atom is -0.493 e. The lowest BCUT2D eigenvalue weighted by Crippen LogP contribution is -2.17. The number of rotatable bonds is 2. The van der Waals surface area contributed by atoms with Gasteiger partial charge in [-0.05, 0) is 37.3 Å². The molecule has 1 fully saturated rings. The van der Waals surface area contributed by atoms with Crippen molar-refractivity contribution in [3.8, 4) is 17.3 Å². The van der Waals surface area contributed by atoms with Crippen LogP contribution in [-0.4, -0.2) is 20.1 Å². The average molecular weight is 271 g/mol. The van der Waals surface area contributed by atoms with E-state index in [2.05, 4.69) is 15.0 Å². The summed E-state index contributed by atoms with van der Waals surface area (Å²) in [5, 5.41) is 10.1. The molecule has 104 valence electrons. The van der Waals surface area contributed by atoms with Crippen LogP contribution in [0.5, 0.6) is 5.88 Å². The van der Waals surface area contributed by atoms with Gasteiger partial charge in [0.05, 0.1) is 5.56 Å². The first-order chi connectivity index (χ1) is 9.66. The second kappa shape index (κ2) is 5.07. The number of hydrogen-bond acceptors (Lipinski definition) is 4. The number of hydrogen-bond donors (Lipinski definition) is 2. The predicted molar refractivity (Wildman–Crippen MR) is 75.7 cm³/mol. The molecule has 0 aromatic carbocycles. The Hall–Kier alpha value is -2.17. The molecule has 2 aromatic rings. The molecular weight excluding hydrogens is 254 g/mol. The highest BCUT2D eigenvalue weighted by Gasteiger charge is 2.24. The van der Waals surface area contributed by atoms with E-state index in [1.165, 1.54) is 0 Å². The summed E-state index contributed by atoms with van der Waals surface area (Å²) < 4.78 is 0. The summed E-state index contributed by atoms with van der Waals surface area (Å²) in [4.78, 5) is 23.2. The van der Waals surface area contributed by atoms with E-state index in [0.717, 1.165) is 36.8 Å². The maximum atomic E-state index is 12.3. The van der Waals surface area contributed by atoms with E-state index in [1.54, 1.807) is 12.4 Å². The third-order valence-electron chi connectivity index (χ3n) is 3.99. The zero-order valence-corrected chi connectivity index (χ0v) is 11.4. The first-order valence-electron chi connectivity index (χ1n) is 6.91. The minimum absolute atomic E-state index is 0.135. The summed E-state index contributed by atoms with van der Waals surface area (Å²) in [7, 11) is 0. The Morgan fingerprint density at radius 1 is 1.35 bits per heavy atom. The first kappa shape index (κ1) is 12.8. The number of nitrogens with one attached hydrogen (secondary N) is 1.